The molecule has 3 aromatic rings. The van der Waals surface area contributed by atoms with Crippen molar-refractivity contribution in [2.24, 2.45) is 0 Å². The predicted octanol–water partition coefficient (Wildman–Crippen LogP) is 3.54. The van der Waals surface area contributed by atoms with Crippen LogP contribution in [0.5, 0.6) is 17.2 Å². The summed E-state index contributed by atoms with van der Waals surface area (Å²) in [5, 5.41) is 9.97. The Morgan fingerprint density at radius 3 is 1.19 bits per heavy atom. The van der Waals surface area contributed by atoms with E-state index in [1.807, 2.05) is 0 Å². The Kier molecular flexibility index (Phi) is 6.26. The third kappa shape index (κ3) is 4.67. The van der Waals surface area contributed by atoms with Gasteiger partial charge in [-0.1, -0.05) is 0 Å². The monoisotopic (exact) mass is 418 g/mol. The minimum atomic E-state index is -0.924. The number of ether oxygens (including phenoxy) is 2. The maximum absolute atomic E-state index is 12.6. The maximum Gasteiger partial charge on any atom is 0.233 e. The van der Waals surface area contributed by atoms with Crippen LogP contribution in [0.2, 0.25) is 0 Å². The van der Waals surface area contributed by atoms with Crippen LogP contribution >= 0.6 is 0 Å². The van der Waals surface area contributed by atoms with E-state index in [0.29, 0.717) is 11.5 Å². The summed E-state index contributed by atoms with van der Waals surface area (Å²) in [6.07, 6.45) is 0. The fourth-order valence-corrected chi connectivity index (χ4v) is 2.88. The SMILES string of the molecule is COc1ccc(C(=O)C(=O)c2cc(O)cc(C(=O)C(=O)c3ccc(OC)cc3)c2)cc1. The fourth-order valence-electron chi connectivity index (χ4n) is 2.88. The summed E-state index contributed by atoms with van der Waals surface area (Å²) in [6, 6.07) is 15.1. The van der Waals surface area contributed by atoms with Crippen LogP contribution in [-0.4, -0.2) is 42.5 Å². The Morgan fingerprint density at radius 2 is 0.871 bits per heavy atom. The maximum atomic E-state index is 12.6. The zero-order chi connectivity index (χ0) is 22.5. The van der Waals surface area contributed by atoms with Gasteiger partial charge in [0, 0.05) is 22.3 Å². The second-order valence-electron chi connectivity index (χ2n) is 6.54. The Bertz CT molecular complexity index is 1070. The van der Waals surface area contributed by atoms with Crippen molar-refractivity contribution in [3.63, 3.8) is 0 Å². The van der Waals surface area contributed by atoms with E-state index >= 15 is 0 Å². The number of hydrogen-bond acceptors (Lipinski definition) is 7. The number of rotatable bonds is 8. The summed E-state index contributed by atoms with van der Waals surface area (Å²) < 4.78 is 10.0. The van der Waals surface area contributed by atoms with E-state index in [9.17, 15) is 24.3 Å². The molecule has 0 aliphatic carbocycles. The summed E-state index contributed by atoms with van der Waals surface area (Å²) >= 11 is 0. The molecule has 0 amide bonds. The van der Waals surface area contributed by atoms with Crippen LogP contribution in [0.15, 0.2) is 66.7 Å². The minimum absolute atomic E-state index is 0.122. The zero-order valence-electron chi connectivity index (χ0n) is 16.7. The molecule has 31 heavy (non-hydrogen) atoms. The normalized spacial score (nSPS) is 10.3. The zero-order valence-corrected chi connectivity index (χ0v) is 16.7. The average molecular weight is 418 g/mol. The minimum Gasteiger partial charge on any atom is -0.508 e. The van der Waals surface area contributed by atoms with Crippen LogP contribution in [0.4, 0.5) is 0 Å². The Labute approximate surface area is 177 Å². The third-order valence-corrected chi connectivity index (χ3v) is 4.56. The molecule has 0 radical (unpaired) electrons. The van der Waals surface area contributed by atoms with E-state index in [4.69, 9.17) is 9.47 Å². The molecule has 0 fully saturated rings. The van der Waals surface area contributed by atoms with Crippen LogP contribution in [-0.2, 0) is 0 Å². The second-order valence-corrected chi connectivity index (χ2v) is 6.54. The predicted molar refractivity (Wildman–Crippen MR) is 111 cm³/mol. The van der Waals surface area contributed by atoms with Crippen molar-refractivity contribution in [1.29, 1.82) is 0 Å². The molecule has 0 saturated carbocycles. The van der Waals surface area contributed by atoms with Crippen LogP contribution in [0.25, 0.3) is 0 Å². The number of carbonyl (C=O) groups is 4. The molecule has 0 atom stereocenters. The number of aromatic hydroxyl groups is 1. The first-order valence-electron chi connectivity index (χ1n) is 9.14. The number of carbonyl (C=O) groups excluding carboxylic acids is 4. The summed E-state index contributed by atoms with van der Waals surface area (Å²) in [5.74, 6) is -2.88. The lowest BCUT2D eigenvalue weighted by Gasteiger charge is -2.07. The van der Waals surface area contributed by atoms with Crippen molar-refractivity contribution < 1.29 is 33.8 Å². The highest BCUT2D eigenvalue weighted by atomic mass is 16.5. The summed E-state index contributed by atoms with van der Waals surface area (Å²) in [4.78, 5) is 50.3. The van der Waals surface area contributed by atoms with E-state index in [1.54, 1.807) is 0 Å². The highest BCUT2D eigenvalue weighted by molar-refractivity contribution is 6.51. The Hall–Kier alpha value is -4.26. The molecule has 7 nitrogen and oxygen atoms in total. The van der Waals surface area contributed by atoms with Gasteiger partial charge in [0.15, 0.2) is 0 Å². The number of hydrogen-bond donors (Lipinski definition) is 1. The Morgan fingerprint density at radius 1 is 0.548 bits per heavy atom. The smallest absolute Gasteiger partial charge is 0.233 e. The third-order valence-electron chi connectivity index (χ3n) is 4.56. The van der Waals surface area contributed by atoms with Gasteiger partial charge < -0.3 is 14.6 Å². The quantitative estimate of drug-likeness (QED) is 0.440. The number of ketones is 4. The molecule has 3 aromatic carbocycles. The highest BCUT2D eigenvalue weighted by Crippen LogP contribution is 2.21. The Balaban J connectivity index is 1.87. The second kappa shape index (κ2) is 9.04. The van der Waals surface area contributed by atoms with Gasteiger partial charge in [-0.25, -0.2) is 0 Å². The lowest BCUT2D eigenvalue weighted by Crippen LogP contribution is -2.17. The lowest BCUT2D eigenvalue weighted by atomic mass is 9.96. The number of phenolic OH excluding ortho intramolecular Hbond substituents is 1. The summed E-state index contributed by atoms with van der Waals surface area (Å²) in [6.45, 7) is 0. The molecule has 0 heterocycles. The van der Waals surface area contributed by atoms with Crippen LogP contribution < -0.4 is 9.47 Å². The first kappa shape index (κ1) is 21.4. The highest BCUT2D eigenvalue weighted by Gasteiger charge is 2.24. The van der Waals surface area contributed by atoms with Crippen molar-refractivity contribution in [1.82, 2.24) is 0 Å². The molecule has 1 N–H and O–H groups in total. The van der Waals surface area contributed by atoms with Gasteiger partial charge in [0.2, 0.25) is 23.1 Å². The van der Waals surface area contributed by atoms with Gasteiger partial charge in [-0.15, -0.1) is 0 Å². The van der Waals surface area contributed by atoms with E-state index < -0.39 is 28.9 Å². The van der Waals surface area contributed by atoms with Crippen LogP contribution in [0.1, 0.15) is 41.4 Å². The molecule has 0 unspecified atom stereocenters. The molecular weight excluding hydrogens is 400 g/mol. The van der Waals surface area contributed by atoms with Crippen molar-refractivity contribution in [2.75, 3.05) is 14.2 Å². The lowest BCUT2D eigenvalue weighted by molar-refractivity contribution is 0.0812. The first-order chi connectivity index (χ1) is 14.8. The molecule has 156 valence electrons. The van der Waals surface area contributed by atoms with Gasteiger partial charge >= 0.3 is 0 Å². The van der Waals surface area contributed by atoms with E-state index in [0.717, 1.165) is 18.2 Å². The molecule has 3 rings (SSSR count). The number of phenols is 1. The molecule has 0 aliphatic rings. The molecule has 0 saturated heterocycles. The summed E-state index contributed by atoms with van der Waals surface area (Å²) in [7, 11) is 2.95. The number of Topliss-reactive ketones (excluding diaryl/α,β-unsaturated/α-hetero) is 4. The summed E-state index contributed by atoms with van der Waals surface area (Å²) in [5.41, 5.74) is -0.161. The van der Waals surface area contributed by atoms with Crippen molar-refractivity contribution in [2.45, 2.75) is 0 Å². The standard InChI is InChI=1S/C24H18O7/c1-30-19-7-3-14(4-8-19)21(26)23(28)16-11-17(13-18(25)12-16)24(29)22(27)15-5-9-20(31-2)10-6-15/h3-13,25H,1-2H3. The van der Waals surface area contributed by atoms with Gasteiger partial charge in [-0.3, -0.25) is 19.2 Å². The fraction of sp³-hybridized carbons (Fsp3) is 0.0833. The van der Waals surface area contributed by atoms with E-state index in [-0.39, 0.29) is 22.3 Å². The van der Waals surface area contributed by atoms with E-state index in [2.05, 4.69) is 0 Å². The van der Waals surface area contributed by atoms with Crippen molar-refractivity contribution >= 4 is 23.1 Å². The molecule has 0 aromatic heterocycles. The van der Waals surface area contributed by atoms with Gasteiger partial charge in [0.25, 0.3) is 0 Å². The van der Waals surface area contributed by atoms with Gasteiger partial charge in [0.1, 0.15) is 17.2 Å². The van der Waals surface area contributed by atoms with Gasteiger partial charge in [-0.05, 0) is 66.7 Å². The molecule has 0 bridgehead atoms. The molecule has 0 aliphatic heterocycles. The molecular formula is C24H18O7. The molecule has 0 spiro atoms. The average Bonchev–Trinajstić information content (AvgIpc) is 2.81. The first-order valence-corrected chi connectivity index (χ1v) is 9.14. The number of methoxy groups -OCH3 is 2. The topological polar surface area (TPSA) is 107 Å². The van der Waals surface area contributed by atoms with Crippen LogP contribution in [0, 0.1) is 0 Å². The van der Waals surface area contributed by atoms with E-state index in [1.165, 1.54) is 62.8 Å². The number of benzene rings is 3. The van der Waals surface area contributed by atoms with Crippen molar-refractivity contribution in [3.05, 3.63) is 89.0 Å². The van der Waals surface area contributed by atoms with Crippen LogP contribution in [0.3, 0.4) is 0 Å². The largest absolute Gasteiger partial charge is 0.508 e. The van der Waals surface area contributed by atoms with Crippen molar-refractivity contribution in [3.8, 4) is 17.2 Å². The van der Waals surface area contributed by atoms with Gasteiger partial charge in [-0.2, -0.15) is 0 Å². The molecule has 7 heteroatoms. The van der Waals surface area contributed by atoms with Gasteiger partial charge in [0.05, 0.1) is 14.2 Å².